The summed E-state index contributed by atoms with van der Waals surface area (Å²) in [5.74, 6) is -0.0696. The Morgan fingerprint density at radius 2 is 2.00 bits per heavy atom. The Bertz CT molecular complexity index is 567. The lowest BCUT2D eigenvalue weighted by Gasteiger charge is -2.44. The molecule has 1 saturated carbocycles. The zero-order valence-electron chi connectivity index (χ0n) is 11.9. The van der Waals surface area contributed by atoms with Crippen LogP contribution in [-0.2, 0) is 16.0 Å². The maximum atomic E-state index is 12.7. The number of nitrogens with one attached hydrogen (secondary N) is 1. The molecule has 3 rings (SSSR count). The molecule has 1 aromatic rings. The van der Waals surface area contributed by atoms with Gasteiger partial charge in [-0.15, -0.1) is 0 Å². The minimum absolute atomic E-state index is 0.000139. The molecule has 1 aliphatic carbocycles. The van der Waals surface area contributed by atoms with E-state index in [1.807, 2.05) is 18.2 Å². The summed E-state index contributed by atoms with van der Waals surface area (Å²) in [5.41, 5.74) is 0.648. The molecular weight excluding hydrogens is 288 g/mol. The molecule has 1 aliphatic heterocycles. The third kappa shape index (κ3) is 2.77. The van der Waals surface area contributed by atoms with Crippen molar-refractivity contribution < 1.29 is 9.59 Å². The fourth-order valence-corrected chi connectivity index (χ4v) is 3.66. The van der Waals surface area contributed by atoms with E-state index in [9.17, 15) is 9.59 Å². The molecule has 1 spiro atoms. The van der Waals surface area contributed by atoms with Crippen LogP contribution in [0.2, 0.25) is 5.02 Å². The van der Waals surface area contributed by atoms with Gasteiger partial charge in [-0.05, 0) is 24.5 Å². The molecule has 4 nitrogen and oxygen atoms in total. The van der Waals surface area contributed by atoms with Crippen LogP contribution in [0.15, 0.2) is 24.3 Å². The van der Waals surface area contributed by atoms with E-state index in [0.717, 1.165) is 31.2 Å². The third-order valence-corrected chi connectivity index (χ3v) is 4.99. The van der Waals surface area contributed by atoms with E-state index in [-0.39, 0.29) is 30.3 Å². The molecule has 5 heteroatoms. The van der Waals surface area contributed by atoms with Gasteiger partial charge < -0.3 is 10.2 Å². The highest BCUT2D eigenvalue weighted by Crippen LogP contribution is 2.36. The van der Waals surface area contributed by atoms with Crippen LogP contribution in [0.1, 0.15) is 31.2 Å². The second-order valence-corrected chi connectivity index (χ2v) is 6.36. The predicted molar refractivity (Wildman–Crippen MR) is 81.1 cm³/mol. The van der Waals surface area contributed by atoms with Crippen molar-refractivity contribution in [3.8, 4) is 0 Å². The number of rotatable bonds is 2. The molecule has 1 heterocycles. The van der Waals surface area contributed by atoms with Gasteiger partial charge in [0, 0.05) is 11.6 Å². The monoisotopic (exact) mass is 306 g/mol. The van der Waals surface area contributed by atoms with Crippen molar-refractivity contribution in [3.63, 3.8) is 0 Å². The average Bonchev–Trinajstić information content (AvgIpc) is 2.93. The van der Waals surface area contributed by atoms with Gasteiger partial charge in [-0.2, -0.15) is 0 Å². The van der Waals surface area contributed by atoms with Gasteiger partial charge in [-0.25, -0.2) is 0 Å². The van der Waals surface area contributed by atoms with Crippen LogP contribution in [0.25, 0.3) is 0 Å². The van der Waals surface area contributed by atoms with Crippen LogP contribution in [-0.4, -0.2) is 35.3 Å². The number of halogens is 1. The van der Waals surface area contributed by atoms with E-state index < -0.39 is 0 Å². The van der Waals surface area contributed by atoms with Crippen molar-refractivity contribution in [2.45, 2.75) is 37.6 Å². The number of hydrogen-bond acceptors (Lipinski definition) is 2. The van der Waals surface area contributed by atoms with Gasteiger partial charge in [0.2, 0.25) is 11.8 Å². The quantitative estimate of drug-likeness (QED) is 0.910. The number of carbonyl (C=O) groups excluding carboxylic acids is 2. The Kier molecular flexibility index (Phi) is 3.89. The second-order valence-electron chi connectivity index (χ2n) is 5.96. The normalized spacial score (nSPS) is 20.6. The van der Waals surface area contributed by atoms with Crippen molar-refractivity contribution in [3.05, 3.63) is 34.9 Å². The van der Waals surface area contributed by atoms with Gasteiger partial charge in [-0.3, -0.25) is 9.59 Å². The van der Waals surface area contributed by atoms with E-state index in [1.54, 1.807) is 11.0 Å². The second kappa shape index (κ2) is 5.68. The highest BCUT2D eigenvalue weighted by atomic mass is 35.5. The van der Waals surface area contributed by atoms with Gasteiger partial charge in [0.15, 0.2) is 0 Å². The first-order valence-corrected chi connectivity index (χ1v) is 7.79. The molecule has 1 N–H and O–H groups in total. The maximum absolute atomic E-state index is 12.7. The van der Waals surface area contributed by atoms with Crippen molar-refractivity contribution in [2.24, 2.45) is 0 Å². The highest BCUT2D eigenvalue weighted by molar-refractivity contribution is 6.31. The molecule has 1 saturated heterocycles. The summed E-state index contributed by atoms with van der Waals surface area (Å²) in [5, 5.41) is 3.52. The zero-order chi connectivity index (χ0) is 14.9. The van der Waals surface area contributed by atoms with Crippen LogP contribution in [0, 0.1) is 0 Å². The van der Waals surface area contributed by atoms with Crippen LogP contribution in [0.5, 0.6) is 0 Å². The Morgan fingerprint density at radius 1 is 1.29 bits per heavy atom. The molecule has 1 aromatic carbocycles. The Labute approximate surface area is 129 Å². The van der Waals surface area contributed by atoms with Crippen molar-refractivity contribution in [2.75, 3.05) is 13.1 Å². The molecule has 21 heavy (non-hydrogen) atoms. The zero-order valence-corrected chi connectivity index (χ0v) is 12.7. The molecular formula is C16H19ClN2O2. The van der Waals surface area contributed by atoms with E-state index in [1.165, 1.54) is 0 Å². The van der Waals surface area contributed by atoms with Gasteiger partial charge in [0.25, 0.3) is 0 Å². The number of amides is 2. The first kappa shape index (κ1) is 14.4. The number of nitrogens with zero attached hydrogens (tertiary/aromatic N) is 1. The average molecular weight is 307 g/mol. The number of piperazine rings is 1. The summed E-state index contributed by atoms with van der Waals surface area (Å²) in [7, 11) is 0. The van der Waals surface area contributed by atoms with E-state index in [4.69, 9.17) is 11.6 Å². The smallest absolute Gasteiger partial charge is 0.239 e. The van der Waals surface area contributed by atoms with Gasteiger partial charge in [0.1, 0.15) is 6.54 Å². The number of carbonyl (C=O) groups is 2. The lowest BCUT2D eigenvalue weighted by atomic mass is 9.91. The third-order valence-electron chi connectivity index (χ3n) is 4.62. The number of benzene rings is 1. The Hall–Kier alpha value is -1.55. The standard InChI is InChI=1S/C16H19ClN2O2/c17-13-6-2-1-5-12(13)9-15(21)19-10-14(20)18-11-16(19)7-3-4-8-16/h1-2,5-6H,3-4,7-11H2,(H,18,20). The van der Waals surface area contributed by atoms with Gasteiger partial charge in [-0.1, -0.05) is 42.6 Å². The first-order valence-electron chi connectivity index (χ1n) is 7.41. The minimum atomic E-state index is -0.174. The summed E-state index contributed by atoms with van der Waals surface area (Å²) in [6, 6.07) is 7.38. The lowest BCUT2D eigenvalue weighted by Crippen LogP contribution is -2.64. The van der Waals surface area contributed by atoms with Gasteiger partial charge in [0.05, 0.1) is 12.0 Å². The summed E-state index contributed by atoms with van der Waals surface area (Å²) < 4.78 is 0. The van der Waals surface area contributed by atoms with Crippen LogP contribution >= 0.6 is 11.6 Å². The largest absolute Gasteiger partial charge is 0.352 e. The van der Waals surface area contributed by atoms with Crippen LogP contribution in [0.4, 0.5) is 0 Å². The summed E-state index contributed by atoms with van der Waals surface area (Å²) in [6.07, 6.45) is 4.44. The SMILES string of the molecule is O=C1CN(C(=O)Cc2ccccc2Cl)C2(CCCC2)CN1. The van der Waals surface area contributed by atoms with Crippen molar-refractivity contribution in [1.29, 1.82) is 0 Å². The minimum Gasteiger partial charge on any atom is -0.352 e. The molecule has 0 radical (unpaired) electrons. The molecule has 0 atom stereocenters. The molecule has 0 aromatic heterocycles. The first-order chi connectivity index (χ1) is 10.1. The summed E-state index contributed by atoms with van der Waals surface area (Å²) in [6.45, 7) is 0.753. The molecule has 2 fully saturated rings. The van der Waals surface area contributed by atoms with Crippen molar-refractivity contribution in [1.82, 2.24) is 10.2 Å². The highest BCUT2D eigenvalue weighted by Gasteiger charge is 2.45. The Balaban J connectivity index is 1.81. The van der Waals surface area contributed by atoms with E-state index in [0.29, 0.717) is 11.6 Å². The topological polar surface area (TPSA) is 49.4 Å². The van der Waals surface area contributed by atoms with Crippen molar-refractivity contribution >= 4 is 23.4 Å². The fraction of sp³-hybridized carbons (Fsp3) is 0.500. The molecule has 0 bridgehead atoms. The van der Waals surface area contributed by atoms with E-state index in [2.05, 4.69) is 5.32 Å². The fourth-order valence-electron chi connectivity index (χ4n) is 3.46. The maximum Gasteiger partial charge on any atom is 0.239 e. The molecule has 0 unspecified atom stereocenters. The van der Waals surface area contributed by atoms with Crippen LogP contribution in [0.3, 0.4) is 0 Å². The number of hydrogen-bond donors (Lipinski definition) is 1. The van der Waals surface area contributed by atoms with Gasteiger partial charge >= 0.3 is 0 Å². The lowest BCUT2D eigenvalue weighted by molar-refractivity contribution is -0.146. The van der Waals surface area contributed by atoms with Crippen LogP contribution < -0.4 is 5.32 Å². The molecule has 112 valence electrons. The molecule has 2 amide bonds. The predicted octanol–water partition coefficient (Wildman–Crippen LogP) is 2.15. The molecule has 2 aliphatic rings. The van der Waals surface area contributed by atoms with E-state index >= 15 is 0 Å². The summed E-state index contributed by atoms with van der Waals surface area (Å²) in [4.78, 5) is 26.2. The summed E-state index contributed by atoms with van der Waals surface area (Å²) >= 11 is 6.14. The Morgan fingerprint density at radius 3 is 2.71 bits per heavy atom.